The van der Waals surface area contributed by atoms with Gasteiger partial charge in [0.25, 0.3) is 5.91 Å². The van der Waals surface area contributed by atoms with E-state index in [2.05, 4.69) is 15.3 Å². The Morgan fingerprint density at radius 2 is 2.17 bits per heavy atom. The van der Waals surface area contributed by atoms with Crippen LogP contribution in [0.1, 0.15) is 38.3 Å². The van der Waals surface area contributed by atoms with Gasteiger partial charge >= 0.3 is 6.18 Å². The Kier molecular flexibility index (Phi) is 4.37. The molecule has 0 aliphatic carbocycles. The fourth-order valence-electron chi connectivity index (χ4n) is 2.88. The second-order valence-corrected chi connectivity index (χ2v) is 7.16. The Morgan fingerprint density at radius 3 is 2.79 bits per heavy atom. The van der Waals surface area contributed by atoms with Crippen LogP contribution in [0, 0.1) is 19.8 Å². The lowest BCUT2D eigenvalue weighted by Crippen LogP contribution is -2.33. The summed E-state index contributed by atoms with van der Waals surface area (Å²) in [5.74, 6) is 0.371. The predicted octanol–water partition coefficient (Wildman–Crippen LogP) is 2.97. The highest BCUT2D eigenvalue weighted by molar-refractivity contribution is 7.13. The molecule has 3 heterocycles. The lowest BCUT2D eigenvalue weighted by atomic mass is 9.99. The molecule has 2 aromatic rings. The van der Waals surface area contributed by atoms with Gasteiger partial charge in [0.15, 0.2) is 5.69 Å². The number of nitrogens with one attached hydrogen (secondary N) is 1. The Morgan fingerprint density at radius 1 is 1.42 bits per heavy atom. The molecule has 1 aliphatic heterocycles. The zero-order chi connectivity index (χ0) is 17.5. The highest BCUT2D eigenvalue weighted by atomic mass is 32.1. The molecule has 1 N–H and O–H groups in total. The van der Waals surface area contributed by atoms with Crippen LogP contribution < -0.4 is 5.32 Å². The highest BCUT2D eigenvalue weighted by Gasteiger charge is 2.35. The smallest absolute Gasteiger partial charge is 0.351 e. The summed E-state index contributed by atoms with van der Waals surface area (Å²) in [6, 6.07) is 0. The van der Waals surface area contributed by atoms with Crippen LogP contribution >= 0.6 is 11.3 Å². The van der Waals surface area contributed by atoms with Crippen LogP contribution in [-0.4, -0.2) is 27.0 Å². The van der Waals surface area contributed by atoms with Crippen LogP contribution in [0.4, 0.5) is 13.2 Å². The molecule has 0 spiro atoms. The number of hydrogen-bond donors (Lipinski definition) is 1. The molecule has 5 nitrogen and oxygen atoms in total. The van der Waals surface area contributed by atoms with Crippen LogP contribution in [0.2, 0.25) is 0 Å². The summed E-state index contributed by atoms with van der Waals surface area (Å²) in [6.07, 6.45) is -2.18. The average Bonchev–Trinajstić information content (AvgIpc) is 3.06. The number of halogens is 3. The molecular weight excluding hydrogens is 341 g/mol. The maximum Gasteiger partial charge on any atom is 0.434 e. The molecule has 24 heavy (non-hydrogen) atoms. The predicted molar refractivity (Wildman–Crippen MR) is 83.0 cm³/mol. The van der Waals surface area contributed by atoms with Crippen molar-refractivity contribution in [1.82, 2.24) is 19.9 Å². The monoisotopic (exact) mass is 358 g/mol. The summed E-state index contributed by atoms with van der Waals surface area (Å²) in [6.45, 7) is 4.48. The van der Waals surface area contributed by atoms with Crippen LogP contribution in [0.3, 0.4) is 0 Å². The van der Waals surface area contributed by atoms with Crippen LogP contribution in [-0.2, 0) is 19.1 Å². The van der Waals surface area contributed by atoms with Gasteiger partial charge in [-0.2, -0.15) is 13.2 Å². The number of rotatable bonds is 3. The molecule has 0 saturated heterocycles. The number of aryl methyl sites for hydroxylation is 3. The first-order chi connectivity index (χ1) is 11.2. The van der Waals surface area contributed by atoms with Gasteiger partial charge in [-0.1, -0.05) is 0 Å². The normalized spacial score (nSPS) is 17.6. The molecule has 0 bridgehead atoms. The molecule has 0 unspecified atom stereocenters. The molecule has 9 heteroatoms. The van der Waals surface area contributed by atoms with Crippen LogP contribution in [0.5, 0.6) is 0 Å². The van der Waals surface area contributed by atoms with E-state index in [1.807, 2.05) is 6.92 Å². The summed E-state index contributed by atoms with van der Waals surface area (Å²) in [5.41, 5.74) is -0.150. The molecule has 0 fully saturated rings. The minimum Gasteiger partial charge on any atom is -0.351 e. The molecule has 1 amide bonds. The number of carbonyl (C=O) groups is 1. The molecule has 2 aromatic heterocycles. The fraction of sp³-hybridized carbons (Fsp3) is 0.533. The largest absolute Gasteiger partial charge is 0.434 e. The Balaban J connectivity index is 1.61. The first kappa shape index (κ1) is 16.9. The molecule has 0 saturated carbocycles. The Hall–Kier alpha value is -1.90. The fourth-order valence-corrected chi connectivity index (χ4v) is 3.71. The van der Waals surface area contributed by atoms with E-state index in [1.165, 1.54) is 11.3 Å². The zero-order valence-electron chi connectivity index (χ0n) is 13.3. The first-order valence-corrected chi connectivity index (χ1v) is 8.41. The topological polar surface area (TPSA) is 59.8 Å². The van der Waals surface area contributed by atoms with Crippen LogP contribution in [0.25, 0.3) is 0 Å². The number of thiazole rings is 1. The van der Waals surface area contributed by atoms with Crippen molar-refractivity contribution < 1.29 is 18.0 Å². The molecule has 3 rings (SSSR count). The molecule has 1 aliphatic rings. The van der Waals surface area contributed by atoms with E-state index >= 15 is 0 Å². The van der Waals surface area contributed by atoms with Crippen molar-refractivity contribution in [3.8, 4) is 0 Å². The van der Waals surface area contributed by atoms with Crippen molar-refractivity contribution in [2.75, 3.05) is 6.54 Å². The third-order valence-electron chi connectivity index (χ3n) is 4.04. The number of alkyl halides is 3. The van der Waals surface area contributed by atoms with Gasteiger partial charge in [-0.15, -0.1) is 11.3 Å². The first-order valence-electron chi connectivity index (χ1n) is 7.59. The minimum absolute atomic E-state index is 0.0889. The van der Waals surface area contributed by atoms with E-state index in [0.29, 0.717) is 42.3 Å². The lowest BCUT2D eigenvalue weighted by molar-refractivity contribution is -0.141. The van der Waals surface area contributed by atoms with Crippen molar-refractivity contribution in [2.24, 2.45) is 5.92 Å². The number of hydrogen-bond acceptors (Lipinski definition) is 4. The van der Waals surface area contributed by atoms with Crippen molar-refractivity contribution in [2.45, 2.75) is 39.4 Å². The van der Waals surface area contributed by atoms with Gasteiger partial charge in [0.2, 0.25) is 0 Å². The quantitative estimate of drug-likeness (QED) is 0.918. The zero-order valence-corrected chi connectivity index (χ0v) is 14.1. The van der Waals surface area contributed by atoms with E-state index in [0.717, 1.165) is 11.2 Å². The number of carbonyl (C=O) groups excluding carboxylic acids is 1. The summed E-state index contributed by atoms with van der Waals surface area (Å²) in [7, 11) is 0. The van der Waals surface area contributed by atoms with Crippen LogP contribution in [0.15, 0.2) is 6.20 Å². The molecule has 0 radical (unpaired) electrons. The van der Waals surface area contributed by atoms with Gasteiger partial charge in [0, 0.05) is 25.7 Å². The van der Waals surface area contributed by atoms with E-state index < -0.39 is 11.9 Å². The van der Waals surface area contributed by atoms with Gasteiger partial charge < -0.3 is 9.88 Å². The van der Waals surface area contributed by atoms with E-state index in [-0.39, 0.29) is 11.8 Å². The Bertz CT molecular complexity index is 765. The standard InChI is InChI=1S/C15H17F3N4OS/c1-8-13(24-9(2)20-8)14(23)19-5-10-3-4-12-21-11(15(16,17)18)7-22(12)6-10/h7,10H,3-6H2,1-2H3,(H,19,23)/t10-/m0/s1. The van der Waals surface area contributed by atoms with E-state index in [9.17, 15) is 18.0 Å². The number of nitrogens with zero attached hydrogens (tertiary/aromatic N) is 3. The molecular formula is C15H17F3N4OS. The number of aromatic nitrogens is 3. The molecule has 0 aromatic carbocycles. The van der Waals surface area contributed by atoms with Gasteiger partial charge in [0.05, 0.1) is 10.7 Å². The minimum atomic E-state index is -4.42. The molecule has 130 valence electrons. The molecule has 1 atom stereocenters. The number of amides is 1. The number of fused-ring (bicyclic) bond motifs is 1. The SMILES string of the molecule is Cc1nc(C)c(C(=O)NC[C@@H]2CCc3nc(C(F)(F)F)cn3C2)s1. The van der Waals surface area contributed by atoms with Crippen molar-refractivity contribution in [3.05, 3.63) is 33.3 Å². The maximum atomic E-state index is 12.7. The third kappa shape index (κ3) is 3.45. The second kappa shape index (κ2) is 6.19. The summed E-state index contributed by atoms with van der Waals surface area (Å²) in [5, 5.41) is 3.70. The second-order valence-electron chi connectivity index (χ2n) is 5.95. The summed E-state index contributed by atoms with van der Waals surface area (Å²) in [4.78, 5) is 20.7. The van der Waals surface area contributed by atoms with Gasteiger partial charge in [0.1, 0.15) is 10.7 Å². The van der Waals surface area contributed by atoms with Crippen molar-refractivity contribution in [1.29, 1.82) is 0 Å². The summed E-state index contributed by atoms with van der Waals surface area (Å²) >= 11 is 1.34. The van der Waals surface area contributed by atoms with Crippen molar-refractivity contribution in [3.63, 3.8) is 0 Å². The van der Waals surface area contributed by atoms with E-state index in [1.54, 1.807) is 11.5 Å². The highest BCUT2D eigenvalue weighted by Crippen LogP contribution is 2.30. The Labute approximate surface area is 140 Å². The van der Waals surface area contributed by atoms with Gasteiger partial charge in [-0.25, -0.2) is 9.97 Å². The van der Waals surface area contributed by atoms with Gasteiger partial charge in [-0.05, 0) is 26.2 Å². The van der Waals surface area contributed by atoms with Crippen molar-refractivity contribution >= 4 is 17.2 Å². The number of imidazole rings is 1. The summed E-state index contributed by atoms with van der Waals surface area (Å²) < 4.78 is 39.7. The average molecular weight is 358 g/mol. The van der Waals surface area contributed by atoms with Gasteiger partial charge in [-0.3, -0.25) is 4.79 Å². The maximum absolute atomic E-state index is 12.7. The third-order valence-corrected chi connectivity index (χ3v) is 5.11. The van der Waals surface area contributed by atoms with E-state index in [4.69, 9.17) is 0 Å². The lowest BCUT2D eigenvalue weighted by Gasteiger charge is -2.23.